The van der Waals surface area contributed by atoms with E-state index in [1.165, 1.54) is 24.0 Å². The van der Waals surface area contributed by atoms with Crippen molar-refractivity contribution >= 4 is 50.7 Å². The average molecular weight is 550 g/mol. The Morgan fingerprint density at radius 3 is 2.31 bits per heavy atom. The van der Waals surface area contributed by atoms with Crippen LogP contribution in [0.3, 0.4) is 0 Å². The van der Waals surface area contributed by atoms with Crippen LogP contribution >= 0.6 is 23.2 Å². The predicted octanol–water partition coefficient (Wildman–Crippen LogP) is 4.37. The molecule has 2 amide bonds. The summed E-state index contributed by atoms with van der Waals surface area (Å²) in [5.74, 6) is -3.58. The molecule has 0 aromatic heterocycles. The van der Waals surface area contributed by atoms with Gasteiger partial charge in [0.15, 0.2) is 11.6 Å². The summed E-state index contributed by atoms with van der Waals surface area (Å²) in [6, 6.07) is 6.24. The zero-order valence-electron chi connectivity index (χ0n) is 19.5. The van der Waals surface area contributed by atoms with Gasteiger partial charge in [-0.3, -0.25) is 13.9 Å². The molecule has 0 saturated carbocycles. The van der Waals surface area contributed by atoms with Crippen molar-refractivity contribution in [3.8, 4) is 0 Å². The van der Waals surface area contributed by atoms with Gasteiger partial charge in [0.25, 0.3) is 0 Å². The van der Waals surface area contributed by atoms with Gasteiger partial charge in [-0.15, -0.1) is 0 Å². The third-order valence-electron chi connectivity index (χ3n) is 5.20. The summed E-state index contributed by atoms with van der Waals surface area (Å²) in [6.45, 7) is 3.08. The van der Waals surface area contributed by atoms with Crippen LogP contribution in [0.1, 0.15) is 32.3 Å². The first-order chi connectivity index (χ1) is 16.3. The first-order valence-corrected chi connectivity index (χ1v) is 13.4. The van der Waals surface area contributed by atoms with Crippen molar-refractivity contribution in [3.63, 3.8) is 0 Å². The van der Waals surface area contributed by atoms with Gasteiger partial charge in [-0.2, -0.15) is 0 Å². The molecule has 2 aromatic rings. The predicted molar refractivity (Wildman–Crippen MR) is 133 cm³/mol. The summed E-state index contributed by atoms with van der Waals surface area (Å²) < 4.78 is 52.7. The number of carbonyl (C=O) groups excluding carboxylic acids is 2. The number of hydrogen-bond acceptors (Lipinski definition) is 4. The topological polar surface area (TPSA) is 86.8 Å². The number of sulfonamides is 1. The van der Waals surface area contributed by atoms with Crippen LogP contribution in [0.2, 0.25) is 10.0 Å². The van der Waals surface area contributed by atoms with E-state index in [9.17, 15) is 26.8 Å². The number of hydrogen-bond donors (Lipinski definition) is 1. The van der Waals surface area contributed by atoms with Crippen LogP contribution in [0.5, 0.6) is 0 Å². The van der Waals surface area contributed by atoms with Crippen molar-refractivity contribution in [3.05, 3.63) is 63.6 Å². The fourth-order valence-electron chi connectivity index (χ4n) is 3.21. The Kier molecular flexibility index (Phi) is 10.3. The number of nitrogens with one attached hydrogen (secondary N) is 1. The Morgan fingerprint density at radius 1 is 1.06 bits per heavy atom. The molecule has 1 atom stereocenters. The first kappa shape index (κ1) is 28.8. The van der Waals surface area contributed by atoms with Crippen molar-refractivity contribution < 1.29 is 26.8 Å². The molecule has 0 saturated heterocycles. The fraction of sp³-hybridized carbons (Fsp3) is 0.391. The van der Waals surface area contributed by atoms with Gasteiger partial charge >= 0.3 is 0 Å². The molecule has 1 N–H and O–H groups in total. The van der Waals surface area contributed by atoms with Crippen LogP contribution in [0, 0.1) is 11.6 Å². The van der Waals surface area contributed by atoms with Crippen molar-refractivity contribution in [2.75, 3.05) is 23.7 Å². The number of halogens is 4. The van der Waals surface area contributed by atoms with E-state index in [1.54, 1.807) is 6.07 Å². The average Bonchev–Trinajstić information content (AvgIpc) is 2.78. The molecule has 0 aliphatic rings. The van der Waals surface area contributed by atoms with Crippen LogP contribution in [0.4, 0.5) is 14.5 Å². The Bertz CT molecular complexity index is 1180. The SMILES string of the molecule is CCCCNC(=O)C(C)N(Cc1ccc(Cl)c(Cl)c1)C(=O)CN(c1ccc(F)c(F)c1)S(C)(=O)=O. The largest absolute Gasteiger partial charge is 0.354 e. The third-order valence-corrected chi connectivity index (χ3v) is 7.08. The molecule has 0 radical (unpaired) electrons. The molecular formula is C23H27Cl2F2N3O4S. The number of unbranched alkanes of at least 4 members (excludes halogenated alkanes) is 1. The van der Waals surface area contributed by atoms with E-state index >= 15 is 0 Å². The van der Waals surface area contributed by atoms with E-state index in [-0.39, 0.29) is 17.3 Å². The molecule has 0 fully saturated rings. The fourth-order valence-corrected chi connectivity index (χ4v) is 4.37. The summed E-state index contributed by atoms with van der Waals surface area (Å²) in [5.41, 5.74) is 0.328. The lowest BCUT2D eigenvalue weighted by Gasteiger charge is -2.31. The van der Waals surface area contributed by atoms with Crippen LogP contribution < -0.4 is 9.62 Å². The smallest absolute Gasteiger partial charge is 0.244 e. The molecule has 0 aliphatic heterocycles. The highest BCUT2D eigenvalue weighted by Gasteiger charge is 2.30. The number of amides is 2. The second-order valence-electron chi connectivity index (χ2n) is 7.96. The van der Waals surface area contributed by atoms with Crippen LogP contribution in [-0.2, 0) is 26.2 Å². The van der Waals surface area contributed by atoms with Gasteiger partial charge in [0, 0.05) is 19.2 Å². The molecule has 0 aliphatic carbocycles. The molecule has 192 valence electrons. The van der Waals surface area contributed by atoms with Gasteiger partial charge < -0.3 is 10.2 Å². The second kappa shape index (κ2) is 12.5. The van der Waals surface area contributed by atoms with E-state index in [0.29, 0.717) is 27.5 Å². The Balaban J connectivity index is 2.39. The normalized spacial score (nSPS) is 12.2. The monoisotopic (exact) mass is 549 g/mol. The maximum atomic E-state index is 13.8. The lowest BCUT2D eigenvalue weighted by Crippen LogP contribution is -2.51. The molecule has 35 heavy (non-hydrogen) atoms. The maximum Gasteiger partial charge on any atom is 0.244 e. The number of anilines is 1. The minimum atomic E-state index is -4.07. The van der Waals surface area contributed by atoms with E-state index in [0.717, 1.165) is 31.2 Å². The number of benzene rings is 2. The highest BCUT2D eigenvalue weighted by atomic mass is 35.5. The zero-order valence-corrected chi connectivity index (χ0v) is 21.9. The second-order valence-corrected chi connectivity index (χ2v) is 10.7. The molecule has 0 heterocycles. The van der Waals surface area contributed by atoms with Crippen molar-refractivity contribution in [1.29, 1.82) is 0 Å². The van der Waals surface area contributed by atoms with Gasteiger partial charge in [0.1, 0.15) is 12.6 Å². The van der Waals surface area contributed by atoms with Gasteiger partial charge in [-0.05, 0) is 43.2 Å². The molecule has 1 unspecified atom stereocenters. The standard InChI is InChI=1S/C23H27Cl2F2N3O4S/c1-4-5-10-28-23(32)15(2)29(13-16-6-8-18(24)19(25)11-16)22(31)14-30(35(3,33)34)17-7-9-20(26)21(27)12-17/h6-9,11-12,15H,4-5,10,13-14H2,1-3H3,(H,28,32). The van der Waals surface area contributed by atoms with Gasteiger partial charge in [0.2, 0.25) is 21.8 Å². The number of nitrogens with zero attached hydrogens (tertiary/aromatic N) is 2. The van der Waals surface area contributed by atoms with Crippen molar-refractivity contribution in [2.45, 2.75) is 39.3 Å². The summed E-state index contributed by atoms with van der Waals surface area (Å²) in [6.07, 6.45) is 2.45. The quantitative estimate of drug-likeness (QED) is 0.421. The Labute approximate surface area is 214 Å². The summed E-state index contributed by atoms with van der Waals surface area (Å²) in [7, 11) is -4.07. The molecule has 2 aromatic carbocycles. The van der Waals surface area contributed by atoms with E-state index < -0.39 is 46.1 Å². The number of rotatable bonds is 11. The molecule has 0 bridgehead atoms. The van der Waals surface area contributed by atoms with E-state index in [2.05, 4.69) is 5.32 Å². The minimum Gasteiger partial charge on any atom is -0.354 e. The van der Waals surface area contributed by atoms with Gasteiger partial charge in [-0.25, -0.2) is 17.2 Å². The summed E-state index contributed by atoms with van der Waals surface area (Å²) >= 11 is 12.1. The minimum absolute atomic E-state index is 0.0759. The van der Waals surface area contributed by atoms with E-state index in [1.807, 2.05) is 6.92 Å². The van der Waals surface area contributed by atoms with Crippen LogP contribution in [0.15, 0.2) is 36.4 Å². The molecule has 12 heteroatoms. The van der Waals surface area contributed by atoms with Crippen LogP contribution in [-0.4, -0.2) is 50.5 Å². The summed E-state index contributed by atoms with van der Waals surface area (Å²) in [4.78, 5) is 27.3. The summed E-state index contributed by atoms with van der Waals surface area (Å²) in [5, 5.41) is 3.30. The third kappa shape index (κ3) is 8.05. The van der Waals surface area contributed by atoms with Crippen molar-refractivity contribution in [1.82, 2.24) is 10.2 Å². The highest BCUT2D eigenvalue weighted by Crippen LogP contribution is 2.25. The maximum absolute atomic E-state index is 13.8. The Hall–Kier alpha value is -2.43. The molecule has 0 spiro atoms. The van der Waals surface area contributed by atoms with Gasteiger partial charge in [0.05, 0.1) is 22.0 Å². The lowest BCUT2D eigenvalue weighted by atomic mass is 10.1. The highest BCUT2D eigenvalue weighted by molar-refractivity contribution is 7.92. The molecule has 2 rings (SSSR count). The van der Waals surface area contributed by atoms with Crippen molar-refractivity contribution in [2.24, 2.45) is 0 Å². The molecular weight excluding hydrogens is 523 g/mol. The lowest BCUT2D eigenvalue weighted by molar-refractivity contribution is -0.139. The van der Waals surface area contributed by atoms with Gasteiger partial charge in [-0.1, -0.05) is 42.6 Å². The zero-order chi connectivity index (χ0) is 26.3. The first-order valence-electron chi connectivity index (χ1n) is 10.8. The van der Waals surface area contributed by atoms with Crippen LogP contribution in [0.25, 0.3) is 0 Å². The Morgan fingerprint density at radius 2 is 1.74 bits per heavy atom. The molecule has 7 nitrogen and oxygen atoms in total. The number of carbonyl (C=O) groups is 2. The van der Waals surface area contributed by atoms with E-state index in [4.69, 9.17) is 23.2 Å².